The molecule has 146 valence electrons. The average molecular weight is 381 g/mol. The molecule has 1 amide bonds. The van der Waals surface area contributed by atoms with E-state index in [2.05, 4.69) is 5.32 Å². The standard InChI is InChI=1S/C22H23NO5/c1-25-18-10-9-17(15-7-5-6-8-16(15)18)22(24)23-13-14-11-19(26-2)21(28-4)20(12-14)27-3/h5-12H,13H2,1-4H3,(H,23,24). The van der Waals surface area contributed by atoms with E-state index in [0.29, 0.717) is 29.4 Å². The zero-order chi connectivity index (χ0) is 20.1. The minimum absolute atomic E-state index is 0.174. The molecule has 0 aromatic heterocycles. The van der Waals surface area contributed by atoms with Gasteiger partial charge in [0.25, 0.3) is 5.91 Å². The lowest BCUT2D eigenvalue weighted by atomic mass is 10.0. The van der Waals surface area contributed by atoms with Crippen LogP contribution < -0.4 is 24.3 Å². The van der Waals surface area contributed by atoms with E-state index in [1.54, 1.807) is 40.6 Å². The number of fused-ring (bicyclic) bond motifs is 1. The Morgan fingerprint density at radius 3 is 1.96 bits per heavy atom. The maximum absolute atomic E-state index is 12.8. The molecule has 0 spiro atoms. The van der Waals surface area contributed by atoms with Crippen molar-refractivity contribution in [3.05, 3.63) is 59.7 Å². The molecule has 0 unspecified atom stereocenters. The lowest BCUT2D eigenvalue weighted by Gasteiger charge is -2.15. The molecule has 6 nitrogen and oxygen atoms in total. The van der Waals surface area contributed by atoms with Crippen molar-refractivity contribution in [1.82, 2.24) is 5.32 Å². The van der Waals surface area contributed by atoms with Gasteiger partial charge in [-0.2, -0.15) is 0 Å². The lowest BCUT2D eigenvalue weighted by Crippen LogP contribution is -2.23. The van der Waals surface area contributed by atoms with E-state index in [1.807, 2.05) is 36.4 Å². The molecule has 3 aromatic rings. The molecule has 1 N–H and O–H groups in total. The van der Waals surface area contributed by atoms with Crippen LogP contribution in [0.4, 0.5) is 0 Å². The van der Waals surface area contributed by atoms with Crippen LogP contribution in [0.1, 0.15) is 15.9 Å². The van der Waals surface area contributed by atoms with Crippen molar-refractivity contribution in [2.75, 3.05) is 28.4 Å². The maximum atomic E-state index is 12.8. The number of nitrogens with one attached hydrogen (secondary N) is 1. The summed E-state index contributed by atoms with van der Waals surface area (Å²) in [5.74, 6) is 2.16. The van der Waals surface area contributed by atoms with Crippen molar-refractivity contribution in [3.63, 3.8) is 0 Å². The van der Waals surface area contributed by atoms with Gasteiger partial charge < -0.3 is 24.3 Å². The SMILES string of the molecule is COc1cc(CNC(=O)c2ccc(OC)c3ccccc23)cc(OC)c1OC. The first-order valence-electron chi connectivity index (χ1n) is 8.75. The molecule has 0 saturated carbocycles. The highest BCUT2D eigenvalue weighted by Gasteiger charge is 2.15. The summed E-state index contributed by atoms with van der Waals surface area (Å²) in [6.45, 7) is 0.315. The molecule has 0 saturated heterocycles. The lowest BCUT2D eigenvalue weighted by molar-refractivity contribution is 0.0952. The quantitative estimate of drug-likeness (QED) is 0.674. The Hall–Kier alpha value is -3.41. The van der Waals surface area contributed by atoms with Crippen LogP contribution in [0.5, 0.6) is 23.0 Å². The summed E-state index contributed by atoms with van der Waals surface area (Å²) < 4.78 is 21.4. The second-order valence-electron chi connectivity index (χ2n) is 6.08. The van der Waals surface area contributed by atoms with Crippen molar-refractivity contribution in [3.8, 4) is 23.0 Å². The van der Waals surface area contributed by atoms with Gasteiger partial charge in [0, 0.05) is 17.5 Å². The van der Waals surface area contributed by atoms with Crippen molar-refractivity contribution in [1.29, 1.82) is 0 Å². The number of ether oxygens (including phenoxy) is 4. The number of carbonyl (C=O) groups excluding carboxylic acids is 1. The first kappa shape index (κ1) is 19.4. The number of rotatable bonds is 7. The molecule has 6 heteroatoms. The zero-order valence-electron chi connectivity index (χ0n) is 16.4. The normalized spacial score (nSPS) is 10.4. The molecular formula is C22H23NO5. The smallest absolute Gasteiger partial charge is 0.252 e. The highest BCUT2D eigenvalue weighted by atomic mass is 16.5. The van der Waals surface area contributed by atoms with E-state index < -0.39 is 0 Å². The van der Waals surface area contributed by atoms with Crippen molar-refractivity contribution >= 4 is 16.7 Å². The number of hydrogen-bond acceptors (Lipinski definition) is 5. The van der Waals surface area contributed by atoms with Crippen LogP contribution in [0, 0.1) is 0 Å². The Morgan fingerprint density at radius 2 is 1.39 bits per heavy atom. The Morgan fingerprint density at radius 1 is 0.786 bits per heavy atom. The highest BCUT2D eigenvalue weighted by molar-refractivity contribution is 6.08. The molecule has 0 heterocycles. The molecule has 0 aliphatic carbocycles. The second-order valence-corrected chi connectivity index (χ2v) is 6.08. The van der Waals surface area contributed by atoms with Crippen LogP contribution in [0.2, 0.25) is 0 Å². The summed E-state index contributed by atoms with van der Waals surface area (Å²) in [6, 6.07) is 14.9. The van der Waals surface area contributed by atoms with Crippen LogP contribution in [-0.2, 0) is 6.54 Å². The fourth-order valence-corrected chi connectivity index (χ4v) is 3.16. The van der Waals surface area contributed by atoms with Crippen molar-refractivity contribution in [2.24, 2.45) is 0 Å². The van der Waals surface area contributed by atoms with E-state index in [9.17, 15) is 4.79 Å². The number of hydrogen-bond donors (Lipinski definition) is 1. The summed E-state index contributed by atoms with van der Waals surface area (Å²) in [4.78, 5) is 12.8. The monoisotopic (exact) mass is 381 g/mol. The molecule has 3 rings (SSSR count). The second kappa shape index (κ2) is 8.52. The van der Waals surface area contributed by atoms with Gasteiger partial charge in [-0.25, -0.2) is 0 Å². The Balaban J connectivity index is 1.86. The number of benzene rings is 3. The third kappa shape index (κ3) is 3.67. The first-order valence-corrected chi connectivity index (χ1v) is 8.75. The zero-order valence-corrected chi connectivity index (χ0v) is 16.4. The van der Waals surface area contributed by atoms with E-state index in [1.165, 1.54) is 0 Å². The summed E-state index contributed by atoms with van der Waals surface area (Å²) >= 11 is 0. The van der Waals surface area contributed by atoms with E-state index in [4.69, 9.17) is 18.9 Å². The van der Waals surface area contributed by atoms with Gasteiger partial charge >= 0.3 is 0 Å². The van der Waals surface area contributed by atoms with E-state index in [-0.39, 0.29) is 5.91 Å². The van der Waals surface area contributed by atoms with Gasteiger partial charge in [0.1, 0.15) is 5.75 Å². The summed E-state index contributed by atoms with van der Waals surface area (Å²) in [7, 11) is 6.29. The molecule has 28 heavy (non-hydrogen) atoms. The molecule has 0 fully saturated rings. The molecule has 0 aliphatic heterocycles. The number of carbonyl (C=O) groups is 1. The minimum Gasteiger partial charge on any atom is -0.496 e. The van der Waals surface area contributed by atoms with Crippen LogP contribution in [-0.4, -0.2) is 34.3 Å². The van der Waals surface area contributed by atoms with Crippen molar-refractivity contribution < 1.29 is 23.7 Å². The maximum Gasteiger partial charge on any atom is 0.252 e. The first-order chi connectivity index (χ1) is 13.6. The minimum atomic E-state index is -0.174. The molecule has 0 aliphatic rings. The van der Waals surface area contributed by atoms with Crippen LogP contribution in [0.3, 0.4) is 0 Å². The molecule has 0 bridgehead atoms. The molecule has 3 aromatic carbocycles. The topological polar surface area (TPSA) is 66.0 Å². The average Bonchev–Trinajstić information content (AvgIpc) is 2.75. The molecular weight excluding hydrogens is 358 g/mol. The third-order valence-electron chi connectivity index (χ3n) is 4.53. The van der Waals surface area contributed by atoms with Gasteiger partial charge in [-0.3, -0.25) is 4.79 Å². The predicted octanol–water partition coefficient (Wildman–Crippen LogP) is 3.80. The van der Waals surface area contributed by atoms with E-state index in [0.717, 1.165) is 22.1 Å². The van der Waals surface area contributed by atoms with Crippen molar-refractivity contribution in [2.45, 2.75) is 6.54 Å². The third-order valence-corrected chi connectivity index (χ3v) is 4.53. The predicted molar refractivity (Wildman–Crippen MR) is 108 cm³/mol. The Bertz CT molecular complexity index is 974. The van der Waals surface area contributed by atoms with Crippen LogP contribution in [0.15, 0.2) is 48.5 Å². The van der Waals surface area contributed by atoms with Gasteiger partial charge in [0.15, 0.2) is 11.5 Å². The molecule has 0 radical (unpaired) electrons. The number of amides is 1. The van der Waals surface area contributed by atoms with Gasteiger partial charge in [-0.05, 0) is 35.2 Å². The summed E-state index contributed by atoms with van der Waals surface area (Å²) in [5.41, 5.74) is 1.42. The van der Waals surface area contributed by atoms with Crippen LogP contribution in [0.25, 0.3) is 10.8 Å². The highest BCUT2D eigenvalue weighted by Crippen LogP contribution is 2.38. The van der Waals surface area contributed by atoms with E-state index >= 15 is 0 Å². The fraction of sp³-hybridized carbons (Fsp3) is 0.227. The summed E-state index contributed by atoms with van der Waals surface area (Å²) in [5, 5.41) is 4.68. The van der Waals surface area contributed by atoms with Crippen LogP contribution >= 0.6 is 0 Å². The Kier molecular flexibility index (Phi) is 5.89. The number of methoxy groups -OCH3 is 4. The molecule has 0 atom stereocenters. The van der Waals surface area contributed by atoms with Gasteiger partial charge in [-0.15, -0.1) is 0 Å². The van der Waals surface area contributed by atoms with Gasteiger partial charge in [-0.1, -0.05) is 24.3 Å². The van der Waals surface area contributed by atoms with Gasteiger partial charge in [0.2, 0.25) is 5.75 Å². The Labute approximate surface area is 164 Å². The largest absolute Gasteiger partial charge is 0.496 e. The summed E-state index contributed by atoms with van der Waals surface area (Å²) in [6.07, 6.45) is 0. The fourth-order valence-electron chi connectivity index (χ4n) is 3.16. The van der Waals surface area contributed by atoms with Gasteiger partial charge in [0.05, 0.1) is 28.4 Å².